The molecule has 0 spiro atoms. The van der Waals surface area contributed by atoms with E-state index in [1.54, 1.807) is 0 Å². The maximum absolute atomic E-state index is 12.6. The summed E-state index contributed by atoms with van der Waals surface area (Å²) in [4.78, 5) is 15.8. The Morgan fingerprint density at radius 2 is 1.83 bits per heavy atom. The second-order valence-electron chi connectivity index (χ2n) is 6.17. The molecule has 0 saturated carbocycles. The van der Waals surface area contributed by atoms with Gasteiger partial charge < -0.3 is 16.0 Å². The number of aromatic nitrogens is 1. The highest BCUT2D eigenvalue weighted by Crippen LogP contribution is 2.21. The molecule has 2 unspecified atom stereocenters. The molecule has 0 fully saturated rings. The summed E-state index contributed by atoms with van der Waals surface area (Å²) in [5.74, 6) is -0.0958. The van der Waals surface area contributed by atoms with Gasteiger partial charge >= 0.3 is 0 Å². The highest BCUT2D eigenvalue weighted by Gasteiger charge is 2.19. The van der Waals surface area contributed by atoms with Crippen LogP contribution in [0, 0.1) is 5.92 Å². The minimum Gasteiger partial charge on any atom is -0.361 e. The molecular formula is C20H23N3O. The Morgan fingerprint density at radius 3 is 2.58 bits per heavy atom. The van der Waals surface area contributed by atoms with Gasteiger partial charge in [0.1, 0.15) is 0 Å². The lowest BCUT2D eigenvalue weighted by Gasteiger charge is -2.20. The molecular weight excluding hydrogens is 298 g/mol. The maximum atomic E-state index is 12.6. The van der Waals surface area contributed by atoms with Crippen LogP contribution in [0.5, 0.6) is 0 Å². The van der Waals surface area contributed by atoms with Gasteiger partial charge in [-0.1, -0.05) is 55.5 Å². The molecule has 4 nitrogen and oxygen atoms in total. The van der Waals surface area contributed by atoms with E-state index in [1.165, 1.54) is 5.39 Å². The Kier molecular flexibility index (Phi) is 4.96. The topological polar surface area (TPSA) is 70.9 Å². The van der Waals surface area contributed by atoms with Crippen molar-refractivity contribution in [1.82, 2.24) is 10.3 Å². The number of hydrogen-bond donors (Lipinski definition) is 3. The number of nitrogens with one attached hydrogen (secondary N) is 2. The number of H-pyrrole nitrogens is 1. The molecule has 2 atom stereocenters. The smallest absolute Gasteiger partial charge is 0.223 e. The molecule has 24 heavy (non-hydrogen) atoms. The molecule has 124 valence electrons. The highest BCUT2D eigenvalue weighted by molar-refractivity contribution is 5.84. The van der Waals surface area contributed by atoms with Gasteiger partial charge in [-0.2, -0.15) is 0 Å². The molecule has 0 saturated heterocycles. The van der Waals surface area contributed by atoms with Gasteiger partial charge in [-0.3, -0.25) is 4.79 Å². The quantitative estimate of drug-likeness (QED) is 0.652. The molecule has 3 aromatic rings. The van der Waals surface area contributed by atoms with Gasteiger partial charge in [0.15, 0.2) is 0 Å². The van der Waals surface area contributed by atoms with E-state index in [1.807, 2.05) is 61.7 Å². The van der Waals surface area contributed by atoms with E-state index in [0.717, 1.165) is 16.6 Å². The average Bonchev–Trinajstić information content (AvgIpc) is 3.03. The van der Waals surface area contributed by atoms with Crippen molar-refractivity contribution in [3.8, 4) is 0 Å². The molecule has 0 aliphatic heterocycles. The number of rotatable bonds is 6. The monoisotopic (exact) mass is 321 g/mol. The maximum Gasteiger partial charge on any atom is 0.223 e. The molecule has 1 heterocycles. The Morgan fingerprint density at radius 1 is 1.12 bits per heavy atom. The van der Waals surface area contributed by atoms with Gasteiger partial charge in [0, 0.05) is 29.6 Å². The first-order valence-electron chi connectivity index (χ1n) is 8.29. The van der Waals surface area contributed by atoms with E-state index >= 15 is 0 Å². The third-order valence-electron chi connectivity index (χ3n) is 4.40. The number of carbonyl (C=O) groups is 1. The molecule has 0 radical (unpaired) electrons. The molecule has 4 N–H and O–H groups in total. The number of benzene rings is 2. The average molecular weight is 321 g/mol. The number of fused-ring (bicyclic) bond motifs is 1. The summed E-state index contributed by atoms with van der Waals surface area (Å²) in [5, 5.41) is 4.25. The fourth-order valence-electron chi connectivity index (χ4n) is 3.00. The predicted octanol–water partition coefficient (Wildman–Crippen LogP) is 3.16. The van der Waals surface area contributed by atoms with Crippen molar-refractivity contribution in [2.24, 2.45) is 11.7 Å². The Bertz CT molecular complexity index is 810. The zero-order valence-electron chi connectivity index (χ0n) is 13.8. The Balaban J connectivity index is 1.68. The molecule has 2 aromatic carbocycles. The molecule has 0 aliphatic rings. The summed E-state index contributed by atoms with van der Waals surface area (Å²) in [5.41, 5.74) is 9.14. The lowest BCUT2D eigenvalue weighted by molar-refractivity contribution is -0.125. The highest BCUT2D eigenvalue weighted by atomic mass is 16.1. The van der Waals surface area contributed by atoms with Gasteiger partial charge in [-0.25, -0.2) is 0 Å². The van der Waals surface area contributed by atoms with E-state index in [4.69, 9.17) is 5.73 Å². The minimum atomic E-state index is -0.149. The van der Waals surface area contributed by atoms with Crippen LogP contribution < -0.4 is 11.1 Å². The predicted molar refractivity (Wildman–Crippen MR) is 97.5 cm³/mol. The van der Waals surface area contributed by atoms with Crippen molar-refractivity contribution in [2.75, 3.05) is 6.54 Å². The first-order valence-corrected chi connectivity index (χ1v) is 8.29. The number of hydrogen-bond acceptors (Lipinski definition) is 2. The van der Waals surface area contributed by atoms with E-state index in [0.29, 0.717) is 13.0 Å². The number of amides is 1. The van der Waals surface area contributed by atoms with Crippen LogP contribution in [-0.4, -0.2) is 17.4 Å². The van der Waals surface area contributed by atoms with E-state index in [2.05, 4.69) is 16.4 Å². The molecule has 1 amide bonds. The minimum absolute atomic E-state index is 0.0274. The summed E-state index contributed by atoms with van der Waals surface area (Å²) in [7, 11) is 0. The molecule has 4 heteroatoms. The van der Waals surface area contributed by atoms with Gasteiger partial charge in [-0.15, -0.1) is 0 Å². The van der Waals surface area contributed by atoms with Crippen molar-refractivity contribution in [2.45, 2.75) is 19.4 Å². The van der Waals surface area contributed by atoms with Gasteiger partial charge in [0.2, 0.25) is 5.91 Å². The van der Waals surface area contributed by atoms with E-state index < -0.39 is 0 Å². The first-order chi connectivity index (χ1) is 11.7. The van der Waals surface area contributed by atoms with E-state index in [-0.39, 0.29) is 17.9 Å². The zero-order chi connectivity index (χ0) is 16.9. The zero-order valence-corrected chi connectivity index (χ0v) is 13.8. The van der Waals surface area contributed by atoms with Gasteiger partial charge in [0.05, 0.1) is 6.04 Å². The molecule has 0 aliphatic carbocycles. The Hall–Kier alpha value is -2.59. The summed E-state index contributed by atoms with van der Waals surface area (Å²) >= 11 is 0. The largest absolute Gasteiger partial charge is 0.361 e. The second-order valence-corrected chi connectivity index (χ2v) is 6.17. The van der Waals surface area contributed by atoms with Crippen molar-refractivity contribution in [3.63, 3.8) is 0 Å². The number of aromatic amines is 1. The van der Waals surface area contributed by atoms with Crippen LogP contribution in [0.15, 0.2) is 60.8 Å². The fraction of sp³-hybridized carbons (Fsp3) is 0.250. The van der Waals surface area contributed by atoms with Crippen molar-refractivity contribution in [3.05, 3.63) is 71.9 Å². The summed E-state index contributed by atoms with van der Waals surface area (Å²) in [6.45, 7) is 2.34. The third kappa shape index (κ3) is 3.49. The van der Waals surface area contributed by atoms with Crippen LogP contribution in [0.3, 0.4) is 0 Å². The van der Waals surface area contributed by atoms with Crippen LogP contribution in [0.4, 0.5) is 0 Å². The number of nitrogens with two attached hydrogens (primary N) is 1. The molecule has 3 rings (SSSR count). The third-order valence-corrected chi connectivity index (χ3v) is 4.40. The second kappa shape index (κ2) is 7.32. The SMILES string of the molecule is CC(Cc1c[nH]c2ccccc12)C(=O)NC(CN)c1ccccc1. The van der Waals surface area contributed by atoms with Crippen LogP contribution in [0.1, 0.15) is 24.1 Å². The van der Waals surface area contributed by atoms with Crippen LogP contribution >= 0.6 is 0 Å². The summed E-state index contributed by atoms with van der Waals surface area (Å²) in [6.07, 6.45) is 2.69. The fourth-order valence-corrected chi connectivity index (χ4v) is 3.00. The van der Waals surface area contributed by atoms with E-state index in [9.17, 15) is 4.79 Å². The summed E-state index contributed by atoms with van der Waals surface area (Å²) < 4.78 is 0. The van der Waals surface area contributed by atoms with Crippen LogP contribution in [0.25, 0.3) is 10.9 Å². The summed E-state index contributed by atoms with van der Waals surface area (Å²) in [6, 6.07) is 17.8. The standard InChI is InChI=1S/C20H23N3O/c1-14(11-16-13-22-18-10-6-5-9-17(16)18)20(24)23-19(12-21)15-7-3-2-4-8-15/h2-10,13-14,19,22H,11-12,21H2,1H3,(H,23,24). The lowest BCUT2D eigenvalue weighted by atomic mass is 9.98. The lowest BCUT2D eigenvalue weighted by Crippen LogP contribution is -2.37. The van der Waals surface area contributed by atoms with Crippen molar-refractivity contribution >= 4 is 16.8 Å². The van der Waals surface area contributed by atoms with Gasteiger partial charge in [0.25, 0.3) is 0 Å². The van der Waals surface area contributed by atoms with Crippen molar-refractivity contribution in [1.29, 1.82) is 0 Å². The Labute approximate surface area is 142 Å². The van der Waals surface area contributed by atoms with Crippen molar-refractivity contribution < 1.29 is 4.79 Å². The first kappa shape index (κ1) is 16.3. The number of carbonyl (C=O) groups excluding carboxylic acids is 1. The van der Waals surface area contributed by atoms with Gasteiger partial charge in [-0.05, 0) is 23.6 Å². The molecule has 0 bridgehead atoms. The van der Waals surface area contributed by atoms with Crippen LogP contribution in [-0.2, 0) is 11.2 Å². The normalized spacial score (nSPS) is 13.6. The van der Waals surface area contributed by atoms with Crippen LogP contribution in [0.2, 0.25) is 0 Å². The molecule has 1 aromatic heterocycles. The number of para-hydroxylation sites is 1.